The molecule has 0 aliphatic rings. The lowest BCUT2D eigenvalue weighted by atomic mass is 10.1. The lowest BCUT2D eigenvalue weighted by Crippen LogP contribution is -2.24. The molecule has 1 rings (SSSR count). The number of carbonyl (C=O) groups is 1. The Morgan fingerprint density at radius 1 is 1.56 bits per heavy atom. The molecule has 0 radical (unpaired) electrons. The van der Waals surface area contributed by atoms with Gasteiger partial charge in [-0.15, -0.1) is 0 Å². The van der Waals surface area contributed by atoms with Crippen LogP contribution >= 0.6 is 22.6 Å². The van der Waals surface area contributed by atoms with Gasteiger partial charge in [0.15, 0.2) is 0 Å². The molecule has 0 saturated carbocycles. The van der Waals surface area contributed by atoms with Gasteiger partial charge in [0, 0.05) is 17.1 Å². The van der Waals surface area contributed by atoms with Gasteiger partial charge >= 0.3 is 6.09 Å². The van der Waals surface area contributed by atoms with E-state index in [1.807, 2.05) is 18.2 Å². The van der Waals surface area contributed by atoms with Crippen LogP contribution in [0.3, 0.4) is 0 Å². The van der Waals surface area contributed by atoms with Crippen LogP contribution in [0.1, 0.15) is 12.0 Å². The quantitative estimate of drug-likeness (QED) is 0.663. The molecule has 0 saturated heterocycles. The summed E-state index contributed by atoms with van der Waals surface area (Å²) in [5, 5.41) is 0. The van der Waals surface area contributed by atoms with Gasteiger partial charge in [0.25, 0.3) is 0 Å². The third-order valence-corrected chi connectivity index (χ3v) is 2.74. The van der Waals surface area contributed by atoms with Gasteiger partial charge in [-0.3, -0.25) is 0 Å². The maximum Gasteiger partial charge on any atom is 0.406 e. The summed E-state index contributed by atoms with van der Waals surface area (Å²) >= 11 is 2.26. The van der Waals surface area contributed by atoms with Gasteiger partial charge in [-0.25, -0.2) is 4.79 Å². The van der Waals surface area contributed by atoms with E-state index < -0.39 is 12.4 Å². The lowest BCUT2D eigenvalue weighted by molar-refractivity contribution is -0.0822. The van der Waals surface area contributed by atoms with Crippen LogP contribution in [0, 0.1) is 3.57 Å². The molecular formula is C11H14INO3. The van der Waals surface area contributed by atoms with Gasteiger partial charge in [0.2, 0.25) is 6.29 Å². The highest BCUT2D eigenvalue weighted by atomic mass is 127. The zero-order valence-corrected chi connectivity index (χ0v) is 11.1. The topological polar surface area (TPSA) is 61.6 Å². The number of primary amides is 1. The Kier molecular flexibility index (Phi) is 5.54. The molecule has 88 valence electrons. The van der Waals surface area contributed by atoms with Crippen molar-refractivity contribution in [1.82, 2.24) is 0 Å². The highest BCUT2D eigenvalue weighted by Gasteiger charge is 2.10. The Bertz CT molecular complexity index is 357. The second kappa shape index (κ2) is 6.70. The minimum absolute atomic E-state index is 0.574. The molecule has 5 heteroatoms. The summed E-state index contributed by atoms with van der Waals surface area (Å²) in [6.07, 6.45) is -0.00724. The summed E-state index contributed by atoms with van der Waals surface area (Å²) < 4.78 is 10.9. The molecule has 0 bridgehead atoms. The Labute approximate surface area is 108 Å². The molecule has 16 heavy (non-hydrogen) atoms. The summed E-state index contributed by atoms with van der Waals surface area (Å²) in [6.45, 7) is 0. The average Bonchev–Trinajstić information content (AvgIpc) is 2.24. The maximum absolute atomic E-state index is 10.6. The highest BCUT2D eigenvalue weighted by Crippen LogP contribution is 2.12. The Hall–Kier alpha value is -0.820. The van der Waals surface area contributed by atoms with Gasteiger partial charge in [0.05, 0.1) is 0 Å². The molecule has 1 amide bonds. The number of ether oxygens (including phenoxy) is 2. The smallest absolute Gasteiger partial charge is 0.406 e. The monoisotopic (exact) mass is 335 g/mol. The van der Waals surface area contributed by atoms with E-state index in [1.54, 1.807) is 0 Å². The molecule has 4 nitrogen and oxygen atoms in total. The summed E-state index contributed by atoms with van der Waals surface area (Å²) in [7, 11) is 1.49. The van der Waals surface area contributed by atoms with Crippen LogP contribution in [0.15, 0.2) is 24.3 Å². The number of methoxy groups -OCH3 is 1. The predicted octanol–water partition coefficient (Wildman–Crippen LogP) is 2.29. The molecule has 0 unspecified atom stereocenters. The van der Waals surface area contributed by atoms with Crippen molar-refractivity contribution in [3.05, 3.63) is 33.4 Å². The van der Waals surface area contributed by atoms with Crippen LogP contribution < -0.4 is 5.73 Å². The summed E-state index contributed by atoms with van der Waals surface area (Å²) in [5.74, 6) is 0. The van der Waals surface area contributed by atoms with Crippen molar-refractivity contribution in [3.63, 3.8) is 0 Å². The first kappa shape index (κ1) is 13.2. The molecule has 0 spiro atoms. The minimum atomic E-state index is -0.811. The number of carbonyl (C=O) groups excluding carboxylic acids is 1. The van der Waals surface area contributed by atoms with E-state index >= 15 is 0 Å². The molecule has 0 aliphatic carbocycles. The second-order valence-electron chi connectivity index (χ2n) is 3.27. The van der Waals surface area contributed by atoms with Crippen molar-refractivity contribution in [2.75, 3.05) is 7.11 Å². The third-order valence-electron chi connectivity index (χ3n) is 2.07. The SMILES string of the molecule is CO[C@@H](CCc1cccc(I)c1)OC(N)=O. The van der Waals surface area contributed by atoms with E-state index in [2.05, 4.69) is 28.7 Å². The molecule has 2 N–H and O–H groups in total. The van der Waals surface area contributed by atoms with Crippen LogP contribution in [-0.2, 0) is 15.9 Å². The maximum atomic E-state index is 10.6. The predicted molar refractivity (Wildman–Crippen MR) is 68.9 cm³/mol. The molecule has 1 atom stereocenters. The van der Waals surface area contributed by atoms with Gasteiger partial charge in [-0.2, -0.15) is 0 Å². The molecular weight excluding hydrogens is 321 g/mol. The number of hydrogen-bond donors (Lipinski definition) is 1. The second-order valence-corrected chi connectivity index (χ2v) is 4.52. The summed E-state index contributed by atoms with van der Waals surface area (Å²) in [6, 6.07) is 8.13. The summed E-state index contributed by atoms with van der Waals surface area (Å²) in [5.41, 5.74) is 6.10. The Balaban J connectivity index is 2.46. The molecule has 0 aromatic heterocycles. The van der Waals surface area contributed by atoms with Crippen molar-refractivity contribution in [2.45, 2.75) is 19.1 Å². The van der Waals surface area contributed by atoms with Gasteiger partial charge in [-0.05, 0) is 46.7 Å². The lowest BCUT2D eigenvalue weighted by Gasteiger charge is -2.14. The van der Waals surface area contributed by atoms with Crippen LogP contribution in [0.2, 0.25) is 0 Å². The molecule has 1 aromatic rings. The first-order valence-corrected chi connectivity index (χ1v) is 5.93. The van der Waals surface area contributed by atoms with E-state index in [0.29, 0.717) is 6.42 Å². The molecule has 0 heterocycles. The largest absolute Gasteiger partial charge is 0.420 e. The highest BCUT2D eigenvalue weighted by molar-refractivity contribution is 14.1. The van der Waals surface area contributed by atoms with Crippen LogP contribution in [0.4, 0.5) is 4.79 Å². The molecule has 0 aliphatic heterocycles. The zero-order valence-electron chi connectivity index (χ0n) is 8.98. The summed E-state index contributed by atoms with van der Waals surface area (Å²) in [4.78, 5) is 10.6. The minimum Gasteiger partial charge on any atom is -0.420 e. The van der Waals surface area contributed by atoms with Crippen molar-refractivity contribution in [2.24, 2.45) is 5.73 Å². The molecule has 0 fully saturated rings. The normalized spacial score (nSPS) is 12.1. The zero-order chi connectivity index (χ0) is 12.0. The van der Waals surface area contributed by atoms with Crippen molar-refractivity contribution < 1.29 is 14.3 Å². The van der Waals surface area contributed by atoms with E-state index in [-0.39, 0.29) is 0 Å². The number of halogens is 1. The van der Waals surface area contributed by atoms with Crippen molar-refractivity contribution in [3.8, 4) is 0 Å². The van der Waals surface area contributed by atoms with Gasteiger partial charge < -0.3 is 15.2 Å². The first-order chi connectivity index (χ1) is 7.61. The van der Waals surface area contributed by atoms with Gasteiger partial charge in [0.1, 0.15) is 0 Å². The fourth-order valence-corrected chi connectivity index (χ4v) is 1.94. The van der Waals surface area contributed by atoms with E-state index in [4.69, 9.17) is 15.2 Å². The van der Waals surface area contributed by atoms with Crippen LogP contribution in [-0.4, -0.2) is 19.5 Å². The average molecular weight is 335 g/mol. The number of rotatable bonds is 5. The van der Waals surface area contributed by atoms with Crippen LogP contribution in [0.25, 0.3) is 0 Å². The third kappa shape index (κ3) is 4.80. The van der Waals surface area contributed by atoms with Crippen molar-refractivity contribution in [1.29, 1.82) is 0 Å². The number of benzene rings is 1. The fraction of sp³-hybridized carbons (Fsp3) is 0.364. The Morgan fingerprint density at radius 2 is 2.31 bits per heavy atom. The number of hydrogen-bond acceptors (Lipinski definition) is 3. The van der Waals surface area contributed by atoms with Crippen LogP contribution in [0.5, 0.6) is 0 Å². The van der Waals surface area contributed by atoms with Crippen molar-refractivity contribution >= 4 is 28.7 Å². The van der Waals surface area contributed by atoms with E-state index in [0.717, 1.165) is 6.42 Å². The van der Waals surface area contributed by atoms with Gasteiger partial charge in [-0.1, -0.05) is 12.1 Å². The Morgan fingerprint density at radius 3 is 2.88 bits per heavy atom. The number of aryl methyl sites for hydroxylation is 1. The fourth-order valence-electron chi connectivity index (χ4n) is 1.33. The van der Waals surface area contributed by atoms with E-state index in [1.165, 1.54) is 16.2 Å². The number of amides is 1. The standard InChI is InChI=1S/C11H14INO3/c1-15-10(16-11(13)14)6-5-8-3-2-4-9(12)7-8/h2-4,7,10H,5-6H2,1H3,(H2,13,14)/t10-/m1/s1. The number of nitrogens with two attached hydrogens (primary N) is 1. The van der Waals surface area contributed by atoms with E-state index in [9.17, 15) is 4.79 Å². The molecule has 1 aromatic carbocycles. The first-order valence-electron chi connectivity index (χ1n) is 4.85.